The summed E-state index contributed by atoms with van der Waals surface area (Å²) in [6.45, 7) is 5.25. The predicted molar refractivity (Wildman–Crippen MR) is 87.7 cm³/mol. The van der Waals surface area contributed by atoms with Crippen LogP contribution in [0.15, 0.2) is 17.0 Å². The maximum Gasteiger partial charge on any atom is 0.244 e. The van der Waals surface area contributed by atoms with E-state index in [2.05, 4.69) is 13.8 Å². The lowest BCUT2D eigenvalue weighted by Crippen LogP contribution is -2.42. The molecule has 0 bridgehead atoms. The highest BCUT2D eigenvalue weighted by molar-refractivity contribution is 7.89. The zero-order chi connectivity index (χ0) is 15.8. The summed E-state index contributed by atoms with van der Waals surface area (Å²) in [5.41, 5.74) is 0.458. The average molecular weight is 371 g/mol. The van der Waals surface area contributed by atoms with Gasteiger partial charge in [-0.05, 0) is 30.4 Å². The van der Waals surface area contributed by atoms with Gasteiger partial charge in [0.2, 0.25) is 10.0 Å². The smallest absolute Gasteiger partial charge is 0.207 e. The fourth-order valence-electron chi connectivity index (χ4n) is 2.48. The van der Waals surface area contributed by atoms with E-state index < -0.39 is 10.0 Å². The number of rotatable bonds is 3. The Bertz CT molecular complexity index is 633. The number of benzene rings is 1. The summed E-state index contributed by atoms with van der Waals surface area (Å²) < 4.78 is 27.1. The third-order valence-electron chi connectivity index (χ3n) is 4.20. The van der Waals surface area contributed by atoms with Crippen LogP contribution < -0.4 is 0 Å². The second-order valence-electron chi connectivity index (χ2n) is 5.58. The van der Waals surface area contributed by atoms with Crippen molar-refractivity contribution in [3.63, 3.8) is 0 Å². The van der Waals surface area contributed by atoms with Crippen LogP contribution in [0.1, 0.15) is 25.8 Å². The molecule has 0 amide bonds. The minimum absolute atomic E-state index is 0.0778. The van der Waals surface area contributed by atoms with Gasteiger partial charge >= 0.3 is 0 Å². The van der Waals surface area contributed by atoms with Gasteiger partial charge in [0.15, 0.2) is 0 Å². The minimum atomic E-state index is -3.61. The van der Waals surface area contributed by atoms with E-state index in [9.17, 15) is 8.42 Å². The van der Waals surface area contributed by atoms with Gasteiger partial charge in [-0.15, -0.1) is 11.6 Å². The molecule has 1 fully saturated rings. The Morgan fingerprint density at radius 1 is 1.24 bits per heavy atom. The fraction of sp³-hybridized carbons (Fsp3) is 0.571. The Morgan fingerprint density at radius 3 is 2.48 bits per heavy atom. The number of sulfonamides is 1. The molecule has 1 aromatic rings. The second-order valence-corrected chi connectivity index (χ2v) is 8.54. The highest BCUT2D eigenvalue weighted by Crippen LogP contribution is 2.35. The van der Waals surface area contributed by atoms with E-state index in [1.54, 1.807) is 0 Å². The van der Waals surface area contributed by atoms with Crippen LogP contribution in [0.4, 0.5) is 0 Å². The molecule has 1 aromatic carbocycles. The van der Waals surface area contributed by atoms with Crippen LogP contribution in [0.2, 0.25) is 10.0 Å². The monoisotopic (exact) mass is 369 g/mol. The van der Waals surface area contributed by atoms with Crippen LogP contribution in [0.25, 0.3) is 0 Å². The lowest BCUT2D eigenvalue weighted by Gasteiger charge is -2.34. The van der Waals surface area contributed by atoms with Crippen LogP contribution in [0.5, 0.6) is 0 Å². The van der Waals surface area contributed by atoms with E-state index in [0.29, 0.717) is 35.5 Å². The first-order chi connectivity index (χ1) is 9.78. The molecule has 0 spiro atoms. The molecule has 1 heterocycles. The summed E-state index contributed by atoms with van der Waals surface area (Å²) in [7, 11) is -3.61. The summed E-state index contributed by atoms with van der Waals surface area (Å²) in [6, 6.07) is 2.99. The fourth-order valence-corrected chi connectivity index (χ4v) is 5.34. The third-order valence-corrected chi connectivity index (χ3v) is 7.27. The quantitative estimate of drug-likeness (QED) is 0.740. The van der Waals surface area contributed by atoms with Crippen molar-refractivity contribution < 1.29 is 8.42 Å². The first-order valence-corrected chi connectivity index (χ1v) is 9.55. The maximum absolute atomic E-state index is 12.8. The number of piperidine rings is 1. The highest BCUT2D eigenvalue weighted by atomic mass is 35.5. The van der Waals surface area contributed by atoms with E-state index in [1.165, 1.54) is 16.4 Å². The van der Waals surface area contributed by atoms with Crippen molar-refractivity contribution in [1.29, 1.82) is 0 Å². The average Bonchev–Trinajstić information content (AvgIpc) is 2.42. The molecule has 7 heteroatoms. The molecule has 1 aliphatic rings. The highest BCUT2D eigenvalue weighted by Gasteiger charge is 2.33. The van der Waals surface area contributed by atoms with Gasteiger partial charge in [-0.1, -0.05) is 37.0 Å². The Kier molecular flexibility index (Phi) is 5.48. The molecular formula is C14H18Cl3NO2S. The Hall–Kier alpha value is -0.000000000000000167. The molecule has 1 saturated heterocycles. The van der Waals surface area contributed by atoms with Gasteiger partial charge in [0, 0.05) is 23.7 Å². The Morgan fingerprint density at radius 2 is 1.90 bits per heavy atom. The van der Waals surface area contributed by atoms with E-state index in [1.807, 2.05) is 0 Å². The number of nitrogens with zero attached hydrogens (tertiary/aromatic N) is 1. The molecule has 3 nitrogen and oxygen atoms in total. The zero-order valence-corrected chi connectivity index (χ0v) is 15.0. The second kappa shape index (κ2) is 6.63. The van der Waals surface area contributed by atoms with Crippen LogP contribution in [-0.4, -0.2) is 25.8 Å². The number of alkyl halides is 1. The summed E-state index contributed by atoms with van der Waals surface area (Å²) >= 11 is 18.0. The third kappa shape index (κ3) is 3.35. The van der Waals surface area contributed by atoms with Crippen LogP contribution >= 0.6 is 34.8 Å². The molecule has 2 rings (SSSR count). The summed E-state index contributed by atoms with van der Waals surface area (Å²) in [5.74, 6) is 0.928. The largest absolute Gasteiger partial charge is 0.244 e. The summed E-state index contributed by atoms with van der Waals surface area (Å²) in [5, 5.41) is 0.512. The normalized spacial score (nSPS) is 24.2. The van der Waals surface area contributed by atoms with E-state index >= 15 is 0 Å². The summed E-state index contributed by atoms with van der Waals surface area (Å²) in [6.07, 6.45) is 0.855. The molecule has 2 unspecified atom stereocenters. The van der Waals surface area contributed by atoms with Crippen molar-refractivity contribution >= 4 is 44.8 Å². The van der Waals surface area contributed by atoms with Crippen LogP contribution in [0, 0.1) is 11.8 Å². The van der Waals surface area contributed by atoms with Gasteiger partial charge < -0.3 is 0 Å². The lowest BCUT2D eigenvalue weighted by atomic mass is 9.90. The van der Waals surface area contributed by atoms with Gasteiger partial charge in [0.25, 0.3) is 0 Å². The maximum atomic E-state index is 12.8. The Labute approximate surface area is 141 Å². The van der Waals surface area contributed by atoms with Crippen LogP contribution in [0.3, 0.4) is 0 Å². The van der Waals surface area contributed by atoms with Gasteiger partial charge in [-0.2, -0.15) is 4.31 Å². The molecule has 118 valence electrons. The van der Waals surface area contributed by atoms with E-state index in [0.717, 1.165) is 6.42 Å². The number of halogens is 3. The van der Waals surface area contributed by atoms with Crippen molar-refractivity contribution in [2.75, 3.05) is 13.1 Å². The SMILES string of the molecule is CC1CCN(S(=O)(=O)c2ccc(Cl)c(CCl)c2Cl)CC1C. The number of hydrogen-bond acceptors (Lipinski definition) is 2. The van der Waals surface area contributed by atoms with Crippen molar-refractivity contribution in [3.05, 3.63) is 27.7 Å². The minimum Gasteiger partial charge on any atom is -0.207 e. The van der Waals surface area contributed by atoms with Crippen LogP contribution in [-0.2, 0) is 15.9 Å². The van der Waals surface area contributed by atoms with Gasteiger partial charge in [0.1, 0.15) is 4.90 Å². The number of hydrogen-bond donors (Lipinski definition) is 0. The zero-order valence-electron chi connectivity index (χ0n) is 11.9. The first-order valence-electron chi connectivity index (χ1n) is 6.82. The van der Waals surface area contributed by atoms with Crippen molar-refractivity contribution in [2.24, 2.45) is 11.8 Å². The molecule has 0 aromatic heterocycles. The van der Waals surface area contributed by atoms with Gasteiger partial charge in [0.05, 0.1) is 10.9 Å². The molecule has 21 heavy (non-hydrogen) atoms. The lowest BCUT2D eigenvalue weighted by molar-refractivity contribution is 0.212. The van der Waals surface area contributed by atoms with Crippen molar-refractivity contribution in [3.8, 4) is 0 Å². The van der Waals surface area contributed by atoms with Crippen molar-refractivity contribution in [2.45, 2.75) is 31.0 Å². The van der Waals surface area contributed by atoms with E-state index in [-0.39, 0.29) is 15.8 Å². The van der Waals surface area contributed by atoms with E-state index in [4.69, 9.17) is 34.8 Å². The predicted octanol–water partition coefficient (Wildman–Crippen LogP) is 4.40. The molecule has 0 N–H and O–H groups in total. The molecular weight excluding hydrogens is 353 g/mol. The molecule has 2 atom stereocenters. The van der Waals surface area contributed by atoms with Gasteiger partial charge in [-0.25, -0.2) is 8.42 Å². The molecule has 1 aliphatic heterocycles. The standard InChI is InChI=1S/C14H18Cl3NO2S/c1-9-5-6-18(8-10(9)2)21(19,20)13-4-3-12(16)11(7-15)14(13)17/h3-4,9-10H,5-8H2,1-2H3. The molecule has 0 saturated carbocycles. The first kappa shape index (κ1) is 17.4. The van der Waals surface area contributed by atoms with Gasteiger partial charge in [-0.3, -0.25) is 0 Å². The Balaban J connectivity index is 2.41. The summed E-state index contributed by atoms with van der Waals surface area (Å²) in [4.78, 5) is 0.0889. The molecule has 0 radical (unpaired) electrons. The molecule has 0 aliphatic carbocycles. The van der Waals surface area contributed by atoms with Crippen molar-refractivity contribution in [1.82, 2.24) is 4.31 Å². The topological polar surface area (TPSA) is 37.4 Å².